The van der Waals surface area contributed by atoms with Gasteiger partial charge in [0.05, 0.1) is 34.9 Å². The fraction of sp³-hybridized carbons (Fsp3) is 0.0500. The number of aromatic nitrogens is 2. The number of para-hydroxylation sites is 2. The van der Waals surface area contributed by atoms with E-state index in [0.29, 0.717) is 28.1 Å². The second-order valence-electron chi connectivity index (χ2n) is 5.86. The Bertz CT molecular complexity index is 1150. The molecular weight excluding hydrogens is 380 g/mol. The second-order valence-corrected chi connectivity index (χ2v) is 6.27. The van der Waals surface area contributed by atoms with Crippen molar-refractivity contribution in [1.82, 2.24) is 9.97 Å². The van der Waals surface area contributed by atoms with Gasteiger partial charge >= 0.3 is 5.97 Å². The summed E-state index contributed by atoms with van der Waals surface area (Å²) in [4.78, 5) is 19.3. The van der Waals surface area contributed by atoms with Crippen molar-refractivity contribution in [1.29, 1.82) is 0 Å². The zero-order chi connectivity index (χ0) is 19.5. The van der Waals surface area contributed by atoms with E-state index < -0.39 is 5.97 Å². The molecule has 2 heterocycles. The normalized spacial score (nSPS) is 11.2. The molecule has 2 aromatic carbocycles. The Morgan fingerprint density at radius 2 is 2.11 bits per heavy atom. The molecule has 0 aliphatic rings. The number of esters is 1. The highest BCUT2D eigenvalue weighted by Gasteiger charge is 2.13. The standard InChI is InChI=1S/C20H15ClN4O3/c1-27-19(26)14-10-12(6-8-15(14)21)18-9-7-13(28-18)11-22-25-20-23-16-4-2-3-5-17(16)24-20/h2-11H,1H3,(H2,23,24,25)/b22-11-. The van der Waals surface area contributed by atoms with Crippen LogP contribution in [0.3, 0.4) is 0 Å². The lowest BCUT2D eigenvalue weighted by Crippen LogP contribution is -2.02. The van der Waals surface area contributed by atoms with Crippen LogP contribution in [0.2, 0.25) is 5.02 Å². The van der Waals surface area contributed by atoms with Crippen molar-refractivity contribution in [3.05, 3.63) is 70.9 Å². The molecule has 0 unspecified atom stereocenters. The van der Waals surface area contributed by atoms with Crippen molar-refractivity contribution in [3.63, 3.8) is 0 Å². The van der Waals surface area contributed by atoms with Gasteiger partial charge in [0.2, 0.25) is 5.95 Å². The maximum absolute atomic E-state index is 11.8. The minimum Gasteiger partial charge on any atom is -0.465 e. The molecule has 0 fully saturated rings. The molecule has 8 heteroatoms. The number of aromatic amines is 1. The Morgan fingerprint density at radius 3 is 2.93 bits per heavy atom. The van der Waals surface area contributed by atoms with E-state index >= 15 is 0 Å². The highest BCUT2D eigenvalue weighted by Crippen LogP contribution is 2.27. The molecule has 0 saturated carbocycles. The van der Waals surface area contributed by atoms with Gasteiger partial charge in [0.25, 0.3) is 0 Å². The largest absolute Gasteiger partial charge is 0.465 e. The molecule has 0 atom stereocenters. The average Bonchev–Trinajstić information content (AvgIpc) is 3.34. The molecular formula is C20H15ClN4O3. The highest BCUT2D eigenvalue weighted by atomic mass is 35.5. The molecule has 4 aromatic rings. The van der Waals surface area contributed by atoms with Crippen LogP contribution in [0.4, 0.5) is 5.95 Å². The number of ether oxygens (including phenoxy) is 1. The van der Waals surface area contributed by atoms with E-state index in [0.717, 1.165) is 11.0 Å². The van der Waals surface area contributed by atoms with Crippen molar-refractivity contribution in [2.45, 2.75) is 0 Å². The van der Waals surface area contributed by atoms with Crippen molar-refractivity contribution >= 4 is 40.8 Å². The van der Waals surface area contributed by atoms with E-state index in [1.165, 1.54) is 13.3 Å². The zero-order valence-corrected chi connectivity index (χ0v) is 15.5. The number of nitrogens with one attached hydrogen (secondary N) is 2. The van der Waals surface area contributed by atoms with Crippen LogP contribution in [-0.4, -0.2) is 29.3 Å². The Balaban J connectivity index is 1.50. The van der Waals surface area contributed by atoms with Crippen LogP contribution >= 0.6 is 11.6 Å². The van der Waals surface area contributed by atoms with Crippen LogP contribution in [0.1, 0.15) is 16.1 Å². The lowest BCUT2D eigenvalue weighted by Gasteiger charge is -2.04. The van der Waals surface area contributed by atoms with E-state index in [9.17, 15) is 4.79 Å². The maximum Gasteiger partial charge on any atom is 0.339 e. The van der Waals surface area contributed by atoms with Crippen molar-refractivity contribution < 1.29 is 13.9 Å². The molecule has 7 nitrogen and oxygen atoms in total. The highest BCUT2D eigenvalue weighted by molar-refractivity contribution is 6.33. The Kier molecular flexibility index (Phi) is 4.82. The molecule has 2 N–H and O–H groups in total. The molecule has 140 valence electrons. The number of methoxy groups -OCH3 is 1. The first-order chi connectivity index (χ1) is 13.6. The summed E-state index contributed by atoms with van der Waals surface area (Å²) in [5.41, 5.74) is 5.59. The summed E-state index contributed by atoms with van der Waals surface area (Å²) in [7, 11) is 1.31. The maximum atomic E-state index is 11.8. The molecule has 0 bridgehead atoms. The van der Waals surface area contributed by atoms with E-state index in [1.807, 2.05) is 24.3 Å². The smallest absolute Gasteiger partial charge is 0.339 e. The molecule has 28 heavy (non-hydrogen) atoms. The predicted molar refractivity (Wildman–Crippen MR) is 108 cm³/mol. The topological polar surface area (TPSA) is 92.5 Å². The third-order valence-corrected chi connectivity index (χ3v) is 4.36. The second kappa shape index (κ2) is 7.58. The lowest BCUT2D eigenvalue weighted by molar-refractivity contribution is 0.0601. The third-order valence-electron chi connectivity index (χ3n) is 4.03. The first-order valence-corrected chi connectivity index (χ1v) is 8.74. The number of anilines is 1. The van der Waals surface area contributed by atoms with Crippen LogP contribution in [-0.2, 0) is 4.74 Å². The number of H-pyrrole nitrogens is 1. The molecule has 0 spiro atoms. The number of nitrogens with zero attached hydrogens (tertiary/aromatic N) is 2. The van der Waals surface area contributed by atoms with Crippen LogP contribution in [0.25, 0.3) is 22.4 Å². The van der Waals surface area contributed by atoms with Crippen LogP contribution in [0.5, 0.6) is 0 Å². The Morgan fingerprint density at radius 1 is 1.25 bits per heavy atom. The monoisotopic (exact) mass is 394 g/mol. The van der Waals surface area contributed by atoms with Gasteiger partial charge in [-0.25, -0.2) is 15.2 Å². The van der Waals surface area contributed by atoms with E-state index in [2.05, 4.69) is 20.5 Å². The molecule has 0 saturated heterocycles. The summed E-state index contributed by atoms with van der Waals surface area (Å²) in [6, 6.07) is 16.3. The Hall–Kier alpha value is -3.58. The zero-order valence-electron chi connectivity index (χ0n) is 14.8. The number of fused-ring (bicyclic) bond motifs is 1. The average molecular weight is 395 g/mol. The summed E-state index contributed by atoms with van der Waals surface area (Å²) in [5, 5.41) is 4.45. The number of carbonyl (C=O) groups is 1. The van der Waals surface area contributed by atoms with Gasteiger partial charge in [0.15, 0.2) is 0 Å². The number of hydrogen-bond acceptors (Lipinski definition) is 6. The SMILES string of the molecule is COC(=O)c1cc(-c2ccc(/C=N\Nc3nc4ccccc4[nH]3)o2)ccc1Cl. The fourth-order valence-electron chi connectivity index (χ4n) is 2.69. The third kappa shape index (κ3) is 3.60. The first-order valence-electron chi connectivity index (χ1n) is 8.36. The fourth-order valence-corrected chi connectivity index (χ4v) is 2.88. The Labute approximate surface area is 165 Å². The number of carbonyl (C=O) groups excluding carboxylic acids is 1. The number of rotatable bonds is 5. The molecule has 0 radical (unpaired) electrons. The van der Waals surface area contributed by atoms with Gasteiger partial charge in [-0.15, -0.1) is 0 Å². The number of halogens is 1. The molecule has 4 rings (SSSR count). The van der Waals surface area contributed by atoms with Crippen molar-refractivity contribution in [2.24, 2.45) is 5.10 Å². The summed E-state index contributed by atoms with van der Waals surface area (Å²) >= 11 is 6.05. The van der Waals surface area contributed by atoms with Gasteiger partial charge in [-0.05, 0) is 42.5 Å². The van der Waals surface area contributed by atoms with Gasteiger partial charge in [-0.1, -0.05) is 23.7 Å². The summed E-state index contributed by atoms with van der Waals surface area (Å²) in [5.74, 6) is 1.14. The van der Waals surface area contributed by atoms with Crippen molar-refractivity contribution in [3.8, 4) is 11.3 Å². The van der Waals surface area contributed by atoms with E-state index in [4.69, 9.17) is 20.8 Å². The molecule has 0 aliphatic heterocycles. The first kappa shape index (κ1) is 17.8. The van der Waals surface area contributed by atoms with Gasteiger partial charge in [-0.3, -0.25) is 0 Å². The summed E-state index contributed by atoms with van der Waals surface area (Å²) in [6.07, 6.45) is 1.54. The number of imidazole rings is 1. The quantitative estimate of drug-likeness (QED) is 0.290. The van der Waals surface area contributed by atoms with Crippen LogP contribution in [0, 0.1) is 0 Å². The number of furan rings is 1. The molecule has 0 aliphatic carbocycles. The molecule has 2 aromatic heterocycles. The van der Waals surface area contributed by atoms with Crippen LogP contribution < -0.4 is 5.43 Å². The van der Waals surface area contributed by atoms with Gasteiger partial charge in [0, 0.05) is 5.56 Å². The van der Waals surface area contributed by atoms with Gasteiger partial charge < -0.3 is 14.1 Å². The number of hydrazone groups is 1. The predicted octanol–water partition coefficient (Wildman–Crippen LogP) is 4.71. The van der Waals surface area contributed by atoms with Crippen molar-refractivity contribution in [2.75, 3.05) is 12.5 Å². The van der Waals surface area contributed by atoms with E-state index in [-0.39, 0.29) is 5.56 Å². The molecule has 0 amide bonds. The van der Waals surface area contributed by atoms with E-state index in [1.54, 1.807) is 30.3 Å². The van der Waals surface area contributed by atoms with Crippen LogP contribution in [0.15, 0.2) is 64.1 Å². The number of benzene rings is 2. The van der Waals surface area contributed by atoms with Gasteiger partial charge in [0.1, 0.15) is 11.5 Å². The van der Waals surface area contributed by atoms with Gasteiger partial charge in [-0.2, -0.15) is 5.10 Å². The summed E-state index contributed by atoms with van der Waals surface area (Å²) < 4.78 is 10.5. The minimum atomic E-state index is -0.504. The summed E-state index contributed by atoms with van der Waals surface area (Å²) in [6.45, 7) is 0. The number of hydrogen-bond donors (Lipinski definition) is 2. The lowest BCUT2D eigenvalue weighted by atomic mass is 10.1. The minimum absolute atomic E-state index is 0.278.